The summed E-state index contributed by atoms with van der Waals surface area (Å²) in [7, 11) is 1.91. The molecule has 0 saturated carbocycles. The van der Waals surface area contributed by atoms with Crippen LogP contribution in [-0.4, -0.2) is 30.9 Å². The Kier molecular flexibility index (Phi) is 3.74. The summed E-state index contributed by atoms with van der Waals surface area (Å²) in [5, 5.41) is 4.36. The molecule has 1 N–H and O–H groups in total. The number of nitrogens with zero attached hydrogens (tertiary/aromatic N) is 1. The van der Waals surface area contributed by atoms with E-state index in [0.717, 1.165) is 36.1 Å². The lowest BCUT2D eigenvalue weighted by Gasteiger charge is -2.29. The third-order valence-corrected chi connectivity index (χ3v) is 3.96. The molecule has 1 unspecified atom stereocenters. The van der Waals surface area contributed by atoms with Crippen LogP contribution >= 0.6 is 0 Å². The summed E-state index contributed by atoms with van der Waals surface area (Å²) in [5.41, 5.74) is 0.896. The molecule has 0 bridgehead atoms. The number of carbonyl (C=O) groups is 1. The number of likely N-dealkylation sites (N-methyl/N-ethyl adjacent to an activating group) is 1. The monoisotopic (exact) mass is 272 g/mol. The number of furan rings is 1. The number of likely N-dealkylation sites (tertiary alicyclic amines) is 1. The number of para-hydroxylation sites is 1. The smallest absolute Gasteiger partial charge is 0.222 e. The van der Waals surface area contributed by atoms with E-state index in [-0.39, 0.29) is 11.9 Å². The molecule has 3 rings (SSSR count). The number of carbonyl (C=O) groups excluding carboxylic acids is 1. The summed E-state index contributed by atoms with van der Waals surface area (Å²) < 4.78 is 5.90. The Morgan fingerprint density at radius 1 is 1.35 bits per heavy atom. The highest BCUT2D eigenvalue weighted by Gasteiger charge is 2.23. The molecule has 1 aromatic carbocycles. The van der Waals surface area contributed by atoms with Crippen LogP contribution < -0.4 is 5.32 Å². The summed E-state index contributed by atoms with van der Waals surface area (Å²) >= 11 is 0. The second kappa shape index (κ2) is 5.67. The number of benzene rings is 1. The van der Waals surface area contributed by atoms with E-state index >= 15 is 0 Å². The van der Waals surface area contributed by atoms with Gasteiger partial charge < -0.3 is 14.6 Å². The molecule has 1 saturated heterocycles. The fourth-order valence-electron chi connectivity index (χ4n) is 2.77. The van der Waals surface area contributed by atoms with Gasteiger partial charge in [0.05, 0.1) is 6.04 Å². The molecule has 1 atom stereocenters. The third kappa shape index (κ3) is 2.56. The summed E-state index contributed by atoms with van der Waals surface area (Å²) in [6.45, 7) is 1.53. The summed E-state index contributed by atoms with van der Waals surface area (Å²) in [4.78, 5) is 13.9. The van der Waals surface area contributed by atoms with E-state index in [9.17, 15) is 4.79 Å². The predicted octanol–water partition coefficient (Wildman–Crippen LogP) is 2.71. The van der Waals surface area contributed by atoms with Gasteiger partial charge in [-0.2, -0.15) is 0 Å². The predicted molar refractivity (Wildman–Crippen MR) is 78.4 cm³/mol. The molecule has 0 radical (unpaired) electrons. The third-order valence-electron chi connectivity index (χ3n) is 3.96. The number of hydrogen-bond donors (Lipinski definition) is 1. The molecule has 1 aliphatic rings. The minimum absolute atomic E-state index is 0.0458. The summed E-state index contributed by atoms with van der Waals surface area (Å²) in [6, 6.07) is 10.1. The van der Waals surface area contributed by atoms with E-state index in [0.29, 0.717) is 13.0 Å². The van der Waals surface area contributed by atoms with Crippen molar-refractivity contribution in [2.75, 3.05) is 20.1 Å². The average molecular weight is 272 g/mol. The molecule has 2 heterocycles. The summed E-state index contributed by atoms with van der Waals surface area (Å²) in [6.07, 6.45) is 2.79. The first-order valence-electron chi connectivity index (χ1n) is 7.21. The quantitative estimate of drug-likeness (QED) is 0.930. The Morgan fingerprint density at radius 2 is 2.20 bits per heavy atom. The Bertz CT molecular complexity index is 572. The van der Waals surface area contributed by atoms with Crippen LogP contribution in [0.3, 0.4) is 0 Å². The highest BCUT2D eigenvalue weighted by molar-refractivity contribution is 5.78. The van der Waals surface area contributed by atoms with E-state index < -0.39 is 0 Å². The van der Waals surface area contributed by atoms with Gasteiger partial charge in [0.25, 0.3) is 0 Å². The molecule has 2 aromatic rings. The van der Waals surface area contributed by atoms with Crippen molar-refractivity contribution in [2.45, 2.75) is 25.3 Å². The van der Waals surface area contributed by atoms with Crippen LogP contribution in [0.5, 0.6) is 0 Å². The van der Waals surface area contributed by atoms with Crippen LogP contribution in [0.1, 0.15) is 31.1 Å². The Balaban J connectivity index is 1.80. The van der Waals surface area contributed by atoms with E-state index in [1.807, 2.05) is 36.2 Å². The van der Waals surface area contributed by atoms with Crippen molar-refractivity contribution < 1.29 is 9.21 Å². The maximum Gasteiger partial charge on any atom is 0.222 e. The molecule has 1 fully saturated rings. The van der Waals surface area contributed by atoms with Crippen molar-refractivity contribution in [1.82, 2.24) is 10.2 Å². The molecular weight excluding hydrogens is 252 g/mol. The number of piperidine rings is 1. The van der Waals surface area contributed by atoms with Crippen LogP contribution in [0.25, 0.3) is 11.0 Å². The Labute approximate surface area is 118 Å². The average Bonchev–Trinajstić information content (AvgIpc) is 2.90. The summed E-state index contributed by atoms with van der Waals surface area (Å²) in [5.74, 6) is 1.15. The van der Waals surface area contributed by atoms with E-state index in [2.05, 4.69) is 11.4 Å². The molecule has 4 nitrogen and oxygen atoms in total. The van der Waals surface area contributed by atoms with E-state index in [4.69, 9.17) is 4.42 Å². The maximum atomic E-state index is 11.9. The fourth-order valence-corrected chi connectivity index (χ4v) is 2.77. The number of fused-ring (bicyclic) bond motifs is 1. The molecule has 0 spiro atoms. The zero-order valence-electron chi connectivity index (χ0n) is 11.8. The molecule has 1 aromatic heterocycles. The van der Waals surface area contributed by atoms with Crippen LogP contribution in [0.4, 0.5) is 0 Å². The van der Waals surface area contributed by atoms with Gasteiger partial charge in [-0.25, -0.2) is 0 Å². The molecule has 1 aliphatic heterocycles. The molecule has 106 valence electrons. The molecule has 4 heteroatoms. The Hall–Kier alpha value is -1.81. The highest BCUT2D eigenvalue weighted by atomic mass is 16.3. The first-order valence-corrected chi connectivity index (χ1v) is 7.21. The first-order chi connectivity index (χ1) is 9.78. The van der Waals surface area contributed by atoms with Crippen molar-refractivity contribution in [1.29, 1.82) is 0 Å². The van der Waals surface area contributed by atoms with Gasteiger partial charge in [0.1, 0.15) is 11.3 Å². The Morgan fingerprint density at radius 3 is 2.95 bits per heavy atom. The fraction of sp³-hybridized carbons (Fsp3) is 0.438. The second-order valence-electron chi connectivity index (χ2n) is 5.32. The lowest BCUT2D eigenvalue weighted by atomic mass is 10.1. The van der Waals surface area contributed by atoms with Gasteiger partial charge in [-0.15, -0.1) is 0 Å². The van der Waals surface area contributed by atoms with Crippen molar-refractivity contribution in [3.05, 3.63) is 36.1 Å². The lowest BCUT2D eigenvalue weighted by Crippen LogP contribution is -2.40. The standard InChI is InChI=1S/C16H20N2O2/c1-17-13(11-18-9-5-4-8-16(18)19)15-10-12-6-2-3-7-14(12)20-15/h2-3,6-7,10,13,17H,4-5,8-9,11H2,1H3. The van der Waals surface area contributed by atoms with Crippen LogP contribution in [0, 0.1) is 0 Å². The molecule has 20 heavy (non-hydrogen) atoms. The number of nitrogens with one attached hydrogen (secondary N) is 1. The van der Waals surface area contributed by atoms with Gasteiger partial charge in [0, 0.05) is 24.9 Å². The number of hydrogen-bond acceptors (Lipinski definition) is 3. The van der Waals surface area contributed by atoms with Crippen molar-refractivity contribution in [3.63, 3.8) is 0 Å². The zero-order chi connectivity index (χ0) is 13.9. The van der Waals surface area contributed by atoms with Crippen LogP contribution in [0.2, 0.25) is 0 Å². The van der Waals surface area contributed by atoms with Crippen molar-refractivity contribution in [3.8, 4) is 0 Å². The molecule has 0 aliphatic carbocycles. The van der Waals surface area contributed by atoms with Crippen molar-refractivity contribution in [2.24, 2.45) is 0 Å². The van der Waals surface area contributed by atoms with E-state index in [1.165, 1.54) is 0 Å². The van der Waals surface area contributed by atoms with Gasteiger partial charge in [-0.05, 0) is 32.0 Å². The second-order valence-corrected chi connectivity index (χ2v) is 5.32. The van der Waals surface area contributed by atoms with Crippen LogP contribution in [-0.2, 0) is 4.79 Å². The van der Waals surface area contributed by atoms with Gasteiger partial charge in [-0.3, -0.25) is 4.79 Å². The minimum Gasteiger partial charge on any atom is -0.459 e. The number of amides is 1. The maximum absolute atomic E-state index is 11.9. The molecular formula is C16H20N2O2. The van der Waals surface area contributed by atoms with Gasteiger partial charge in [0.2, 0.25) is 5.91 Å². The van der Waals surface area contributed by atoms with Crippen LogP contribution in [0.15, 0.2) is 34.7 Å². The van der Waals surface area contributed by atoms with E-state index in [1.54, 1.807) is 0 Å². The van der Waals surface area contributed by atoms with Gasteiger partial charge in [-0.1, -0.05) is 18.2 Å². The van der Waals surface area contributed by atoms with Gasteiger partial charge >= 0.3 is 0 Å². The van der Waals surface area contributed by atoms with Gasteiger partial charge in [0.15, 0.2) is 0 Å². The lowest BCUT2D eigenvalue weighted by molar-refractivity contribution is -0.133. The topological polar surface area (TPSA) is 45.5 Å². The highest BCUT2D eigenvalue weighted by Crippen LogP contribution is 2.25. The SMILES string of the molecule is CNC(CN1CCCCC1=O)c1cc2ccccc2o1. The zero-order valence-corrected chi connectivity index (χ0v) is 11.8. The number of rotatable bonds is 4. The molecule has 1 amide bonds. The minimum atomic E-state index is 0.0458. The largest absolute Gasteiger partial charge is 0.459 e. The van der Waals surface area contributed by atoms with Crippen molar-refractivity contribution >= 4 is 16.9 Å². The first kappa shape index (κ1) is 13.2. The normalized spacial score (nSPS) is 17.6.